The first kappa shape index (κ1) is 13.7. The summed E-state index contributed by atoms with van der Waals surface area (Å²) >= 11 is 0. The Balaban J connectivity index is 2.31. The number of alkyl halides is 3. The number of fused-ring (bicyclic) bond motifs is 1. The topological polar surface area (TPSA) is 35.2 Å². The molecule has 1 atom stereocenters. The Bertz CT molecular complexity index is 580. The summed E-state index contributed by atoms with van der Waals surface area (Å²) in [7, 11) is 1.56. The summed E-state index contributed by atoms with van der Waals surface area (Å²) in [4.78, 5) is 0. The molecule has 0 heterocycles. The standard InChI is InChI=1S/C14H14F3NO/c1-19-12-5-4-9-6-11(3-2-10(9)7-12)13(18)8-14(15,16)17/h2-7,13H,8,18H2,1H3/t13-/m1/s1. The lowest BCUT2D eigenvalue weighted by Crippen LogP contribution is -2.20. The summed E-state index contributed by atoms with van der Waals surface area (Å²) in [6.45, 7) is 0. The first-order valence-electron chi connectivity index (χ1n) is 5.79. The average molecular weight is 269 g/mol. The van der Waals surface area contributed by atoms with Gasteiger partial charge in [-0.25, -0.2) is 0 Å². The van der Waals surface area contributed by atoms with Crippen LogP contribution in [0.3, 0.4) is 0 Å². The maximum absolute atomic E-state index is 12.3. The molecular weight excluding hydrogens is 255 g/mol. The molecular formula is C14H14F3NO. The van der Waals surface area contributed by atoms with Crippen LogP contribution in [0.1, 0.15) is 18.0 Å². The first-order valence-corrected chi connectivity index (χ1v) is 5.79. The average Bonchev–Trinajstić information content (AvgIpc) is 2.35. The van der Waals surface area contributed by atoms with Crippen LogP contribution in [-0.2, 0) is 0 Å². The molecule has 2 rings (SSSR count). The van der Waals surface area contributed by atoms with Crippen LogP contribution in [0.4, 0.5) is 13.2 Å². The summed E-state index contributed by atoms with van der Waals surface area (Å²) in [5, 5.41) is 1.75. The predicted octanol–water partition coefficient (Wildman–Crippen LogP) is 3.80. The zero-order chi connectivity index (χ0) is 14.0. The highest BCUT2D eigenvalue weighted by atomic mass is 19.4. The van der Waals surface area contributed by atoms with Gasteiger partial charge in [0.05, 0.1) is 13.5 Å². The van der Waals surface area contributed by atoms with Crippen LogP contribution in [0.5, 0.6) is 5.75 Å². The smallest absolute Gasteiger partial charge is 0.390 e. The van der Waals surface area contributed by atoms with Crippen LogP contribution < -0.4 is 10.5 Å². The van der Waals surface area contributed by atoms with E-state index in [1.165, 1.54) is 0 Å². The van der Waals surface area contributed by atoms with E-state index < -0.39 is 18.6 Å². The Morgan fingerprint density at radius 1 is 1.11 bits per heavy atom. The molecule has 0 unspecified atom stereocenters. The third-order valence-corrected chi connectivity index (χ3v) is 2.95. The number of ether oxygens (including phenoxy) is 1. The van der Waals surface area contributed by atoms with Crippen molar-refractivity contribution in [2.24, 2.45) is 5.73 Å². The number of rotatable bonds is 3. The predicted molar refractivity (Wildman–Crippen MR) is 68.1 cm³/mol. The molecule has 0 fully saturated rings. The summed E-state index contributed by atoms with van der Waals surface area (Å²) in [6, 6.07) is 9.42. The molecule has 2 aromatic rings. The Morgan fingerprint density at radius 3 is 2.37 bits per heavy atom. The van der Waals surface area contributed by atoms with Gasteiger partial charge in [0.15, 0.2) is 0 Å². The van der Waals surface area contributed by atoms with E-state index >= 15 is 0 Å². The van der Waals surface area contributed by atoms with E-state index in [0.29, 0.717) is 11.3 Å². The van der Waals surface area contributed by atoms with Crippen LogP contribution in [-0.4, -0.2) is 13.3 Å². The third-order valence-electron chi connectivity index (χ3n) is 2.95. The minimum atomic E-state index is -4.26. The van der Waals surface area contributed by atoms with E-state index in [-0.39, 0.29) is 0 Å². The van der Waals surface area contributed by atoms with Crippen molar-refractivity contribution in [1.29, 1.82) is 0 Å². The van der Waals surface area contributed by atoms with Gasteiger partial charge in [0.2, 0.25) is 0 Å². The minimum Gasteiger partial charge on any atom is -0.497 e. The second-order valence-corrected chi connectivity index (χ2v) is 4.40. The van der Waals surface area contributed by atoms with Crippen molar-refractivity contribution in [3.05, 3.63) is 42.0 Å². The van der Waals surface area contributed by atoms with Gasteiger partial charge in [0, 0.05) is 6.04 Å². The molecule has 0 amide bonds. The van der Waals surface area contributed by atoms with E-state index in [2.05, 4.69) is 0 Å². The van der Waals surface area contributed by atoms with Crippen LogP contribution in [0.25, 0.3) is 10.8 Å². The van der Waals surface area contributed by atoms with Crippen molar-refractivity contribution in [1.82, 2.24) is 0 Å². The van der Waals surface area contributed by atoms with Gasteiger partial charge in [-0.2, -0.15) is 13.2 Å². The number of methoxy groups -OCH3 is 1. The summed E-state index contributed by atoms with van der Waals surface area (Å²) in [5.74, 6) is 0.708. The van der Waals surface area contributed by atoms with Gasteiger partial charge in [-0.3, -0.25) is 0 Å². The monoisotopic (exact) mass is 269 g/mol. The molecule has 0 radical (unpaired) electrons. The van der Waals surface area contributed by atoms with E-state index in [0.717, 1.165) is 10.8 Å². The maximum atomic E-state index is 12.3. The molecule has 5 heteroatoms. The normalized spacial score (nSPS) is 13.5. The van der Waals surface area contributed by atoms with Gasteiger partial charge in [0.25, 0.3) is 0 Å². The lowest BCUT2D eigenvalue weighted by molar-refractivity contribution is -0.138. The van der Waals surface area contributed by atoms with Gasteiger partial charge in [-0.05, 0) is 34.5 Å². The molecule has 0 aromatic heterocycles. The molecule has 0 saturated carbocycles. The maximum Gasteiger partial charge on any atom is 0.390 e. The number of halogens is 3. The van der Waals surface area contributed by atoms with Crippen molar-refractivity contribution in [2.45, 2.75) is 18.6 Å². The molecule has 102 valence electrons. The zero-order valence-electron chi connectivity index (χ0n) is 10.4. The van der Waals surface area contributed by atoms with E-state index in [9.17, 15) is 13.2 Å². The molecule has 0 spiro atoms. The van der Waals surface area contributed by atoms with Gasteiger partial charge in [-0.15, -0.1) is 0 Å². The molecule has 0 aliphatic heterocycles. The van der Waals surface area contributed by atoms with Gasteiger partial charge in [-0.1, -0.05) is 18.2 Å². The highest BCUT2D eigenvalue weighted by Gasteiger charge is 2.30. The quantitative estimate of drug-likeness (QED) is 0.919. The minimum absolute atomic E-state index is 0.481. The van der Waals surface area contributed by atoms with Crippen molar-refractivity contribution >= 4 is 10.8 Å². The molecule has 0 bridgehead atoms. The highest BCUT2D eigenvalue weighted by Crippen LogP contribution is 2.30. The second kappa shape index (κ2) is 5.09. The van der Waals surface area contributed by atoms with Crippen LogP contribution in [0, 0.1) is 0 Å². The number of hydrogen-bond donors (Lipinski definition) is 1. The van der Waals surface area contributed by atoms with Crippen molar-refractivity contribution in [2.75, 3.05) is 7.11 Å². The molecule has 2 aromatic carbocycles. The molecule has 0 aliphatic rings. The fraction of sp³-hybridized carbons (Fsp3) is 0.286. The van der Waals surface area contributed by atoms with E-state index in [4.69, 9.17) is 10.5 Å². The number of nitrogens with two attached hydrogens (primary N) is 1. The Hall–Kier alpha value is -1.75. The van der Waals surface area contributed by atoms with Gasteiger partial charge >= 0.3 is 6.18 Å². The molecule has 19 heavy (non-hydrogen) atoms. The summed E-state index contributed by atoms with van der Waals surface area (Å²) < 4.78 is 42.0. The Kier molecular flexibility index (Phi) is 3.66. The van der Waals surface area contributed by atoms with Crippen molar-refractivity contribution in [3.63, 3.8) is 0 Å². The number of hydrogen-bond acceptors (Lipinski definition) is 2. The largest absolute Gasteiger partial charge is 0.497 e. The lowest BCUT2D eigenvalue weighted by atomic mass is 10.00. The third kappa shape index (κ3) is 3.38. The summed E-state index contributed by atoms with van der Waals surface area (Å²) in [5.41, 5.74) is 6.07. The number of benzene rings is 2. The van der Waals surface area contributed by atoms with Crippen molar-refractivity contribution in [3.8, 4) is 5.75 Å². The molecule has 2 nitrogen and oxygen atoms in total. The molecule has 0 aliphatic carbocycles. The van der Waals surface area contributed by atoms with Gasteiger partial charge < -0.3 is 10.5 Å². The Labute approximate surface area is 109 Å². The van der Waals surface area contributed by atoms with Crippen LogP contribution in [0.2, 0.25) is 0 Å². The lowest BCUT2D eigenvalue weighted by Gasteiger charge is -2.15. The van der Waals surface area contributed by atoms with Gasteiger partial charge in [0.1, 0.15) is 5.75 Å². The molecule has 2 N–H and O–H groups in total. The SMILES string of the molecule is COc1ccc2cc([C@H](N)CC(F)(F)F)ccc2c1. The zero-order valence-corrected chi connectivity index (χ0v) is 10.4. The van der Waals surface area contributed by atoms with Crippen molar-refractivity contribution < 1.29 is 17.9 Å². The van der Waals surface area contributed by atoms with Crippen LogP contribution >= 0.6 is 0 Å². The highest BCUT2D eigenvalue weighted by molar-refractivity contribution is 5.84. The summed E-state index contributed by atoms with van der Waals surface area (Å²) in [6.07, 6.45) is -5.27. The molecule has 0 saturated heterocycles. The Morgan fingerprint density at radius 2 is 1.74 bits per heavy atom. The fourth-order valence-electron chi connectivity index (χ4n) is 1.97. The fourth-order valence-corrected chi connectivity index (χ4v) is 1.97. The first-order chi connectivity index (χ1) is 8.89. The van der Waals surface area contributed by atoms with E-state index in [1.54, 1.807) is 37.4 Å². The van der Waals surface area contributed by atoms with E-state index in [1.807, 2.05) is 6.07 Å². The second-order valence-electron chi connectivity index (χ2n) is 4.40. The van der Waals surface area contributed by atoms with Crippen LogP contribution in [0.15, 0.2) is 36.4 Å².